The molecule has 0 aromatic heterocycles. The van der Waals surface area contributed by atoms with Crippen LogP contribution in [-0.4, -0.2) is 49.1 Å². The number of hydrogen-bond donors (Lipinski definition) is 3. The van der Waals surface area contributed by atoms with Gasteiger partial charge in [0.2, 0.25) is 5.91 Å². The highest BCUT2D eigenvalue weighted by molar-refractivity contribution is 6.35. The van der Waals surface area contributed by atoms with Crippen molar-refractivity contribution in [2.75, 3.05) is 31.5 Å². The summed E-state index contributed by atoms with van der Waals surface area (Å²) in [5.41, 5.74) is 1.67. The fraction of sp³-hybridized carbons (Fsp3) is 0.481. The van der Waals surface area contributed by atoms with Crippen molar-refractivity contribution < 1.29 is 9.59 Å². The van der Waals surface area contributed by atoms with Crippen molar-refractivity contribution in [2.45, 2.75) is 50.5 Å². The maximum Gasteiger partial charge on any atom is 0.319 e. The lowest BCUT2D eigenvalue weighted by Gasteiger charge is -2.35. The van der Waals surface area contributed by atoms with Gasteiger partial charge >= 0.3 is 6.03 Å². The minimum absolute atomic E-state index is 0.131. The van der Waals surface area contributed by atoms with Gasteiger partial charge in [-0.25, -0.2) is 4.79 Å². The van der Waals surface area contributed by atoms with Gasteiger partial charge in [0.05, 0.1) is 0 Å². The molecule has 1 saturated heterocycles. The van der Waals surface area contributed by atoms with Gasteiger partial charge in [0, 0.05) is 58.3 Å². The Kier molecular flexibility index (Phi) is 9.77. The third-order valence-corrected chi connectivity index (χ3v) is 7.86. The van der Waals surface area contributed by atoms with Crippen molar-refractivity contribution in [3.8, 4) is 0 Å². The van der Waals surface area contributed by atoms with Gasteiger partial charge in [0.25, 0.3) is 0 Å². The fourth-order valence-electron chi connectivity index (χ4n) is 4.77. The first-order valence-corrected chi connectivity index (χ1v) is 13.8. The minimum atomic E-state index is -0.310. The molecule has 0 spiro atoms. The normalized spacial score (nSPS) is 17.8. The molecular weight excluding hydrogens is 519 g/mol. The number of hydrogen-bond acceptors (Lipinski definition) is 3. The Morgan fingerprint density at radius 3 is 2.19 bits per heavy atom. The average Bonchev–Trinajstić information content (AvgIpc) is 2.79. The van der Waals surface area contributed by atoms with Crippen LogP contribution in [-0.2, 0) is 4.79 Å². The number of carbonyl (C=O) groups is 2. The van der Waals surface area contributed by atoms with Crippen LogP contribution in [0, 0.1) is 5.92 Å². The number of piperidine rings is 1. The van der Waals surface area contributed by atoms with Crippen molar-refractivity contribution in [3.05, 3.63) is 63.1 Å². The topological polar surface area (TPSA) is 73.5 Å². The number of nitrogens with one attached hydrogen (secondary N) is 3. The zero-order chi connectivity index (χ0) is 25.5. The summed E-state index contributed by atoms with van der Waals surface area (Å²) >= 11 is 18.2. The predicted molar refractivity (Wildman–Crippen MR) is 147 cm³/mol. The molecule has 2 fully saturated rings. The van der Waals surface area contributed by atoms with E-state index in [0.717, 1.165) is 57.3 Å². The van der Waals surface area contributed by atoms with Crippen molar-refractivity contribution >= 4 is 52.4 Å². The Balaban J connectivity index is 1.27. The van der Waals surface area contributed by atoms with Crippen LogP contribution in [0.5, 0.6) is 0 Å². The molecule has 6 nitrogen and oxygen atoms in total. The minimum Gasteiger partial charge on any atom is -0.353 e. The van der Waals surface area contributed by atoms with Crippen LogP contribution in [0.3, 0.4) is 0 Å². The van der Waals surface area contributed by atoms with E-state index in [1.807, 2.05) is 24.3 Å². The largest absolute Gasteiger partial charge is 0.353 e. The van der Waals surface area contributed by atoms with E-state index in [-0.39, 0.29) is 29.8 Å². The summed E-state index contributed by atoms with van der Waals surface area (Å²) in [4.78, 5) is 27.3. The maximum atomic E-state index is 12.6. The molecular formula is C27H33Cl3N4O2. The summed E-state index contributed by atoms with van der Waals surface area (Å²) in [7, 11) is 0. The molecule has 1 aliphatic heterocycles. The standard InChI is InChI=1S/C27H33Cl3N4O2/c28-21-6-4-18(5-7-21)20(17-31-27(36)33-25-15-22(29)14-23(30)16-25)8-11-34-12-9-24(10-13-34)32-26(35)19-2-1-3-19/h4-7,14-16,19-20,24H,1-3,8-13,17H2,(H,32,35)(H2,31,33,36). The smallest absolute Gasteiger partial charge is 0.319 e. The summed E-state index contributed by atoms with van der Waals surface area (Å²) in [6, 6.07) is 12.7. The number of halogens is 3. The molecule has 1 unspecified atom stereocenters. The van der Waals surface area contributed by atoms with Gasteiger partial charge in [-0.2, -0.15) is 0 Å². The number of urea groups is 1. The molecule has 0 radical (unpaired) electrons. The van der Waals surface area contributed by atoms with Gasteiger partial charge in [0.1, 0.15) is 0 Å². The predicted octanol–water partition coefficient (Wildman–Crippen LogP) is 6.32. The Hall–Kier alpha value is -1.99. The van der Waals surface area contributed by atoms with Crippen LogP contribution in [0.2, 0.25) is 15.1 Å². The van der Waals surface area contributed by atoms with Crippen LogP contribution in [0.25, 0.3) is 0 Å². The van der Waals surface area contributed by atoms with Crippen LogP contribution < -0.4 is 16.0 Å². The highest BCUT2D eigenvalue weighted by Crippen LogP contribution is 2.27. The Bertz CT molecular complexity index is 1020. The van der Waals surface area contributed by atoms with E-state index in [1.165, 1.54) is 6.42 Å². The van der Waals surface area contributed by atoms with E-state index < -0.39 is 0 Å². The molecule has 1 heterocycles. The molecule has 1 aliphatic carbocycles. The van der Waals surface area contributed by atoms with E-state index in [9.17, 15) is 9.59 Å². The van der Waals surface area contributed by atoms with E-state index in [1.54, 1.807) is 18.2 Å². The van der Waals surface area contributed by atoms with Gasteiger partial charge in [-0.15, -0.1) is 0 Å². The van der Waals surface area contributed by atoms with Gasteiger partial charge in [0.15, 0.2) is 0 Å². The Labute approximate surface area is 228 Å². The molecule has 36 heavy (non-hydrogen) atoms. The third-order valence-electron chi connectivity index (χ3n) is 7.17. The molecule has 1 atom stereocenters. The van der Waals surface area contributed by atoms with Crippen LogP contribution >= 0.6 is 34.8 Å². The van der Waals surface area contributed by atoms with Gasteiger partial charge in [-0.05, 0) is 74.5 Å². The zero-order valence-electron chi connectivity index (χ0n) is 20.2. The highest BCUT2D eigenvalue weighted by Gasteiger charge is 2.28. The highest BCUT2D eigenvalue weighted by atomic mass is 35.5. The van der Waals surface area contributed by atoms with Gasteiger partial charge < -0.3 is 20.9 Å². The summed E-state index contributed by atoms with van der Waals surface area (Å²) in [6.07, 6.45) is 6.10. The molecule has 3 N–H and O–H groups in total. The van der Waals surface area contributed by atoms with E-state index in [4.69, 9.17) is 34.8 Å². The molecule has 2 aliphatic rings. The second-order valence-electron chi connectivity index (χ2n) is 9.78. The monoisotopic (exact) mass is 550 g/mol. The molecule has 3 amide bonds. The second kappa shape index (κ2) is 13.0. The number of likely N-dealkylation sites (tertiary alicyclic amines) is 1. The summed E-state index contributed by atoms with van der Waals surface area (Å²) in [6.45, 7) is 3.33. The molecule has 1 saturated carbocycles. The van der Waals surface area contributed by atoms with E-state index in [0.29, 0.717) is 27.3 Å². The first-order valence-electron chi connectivity index (χ1n) is 12.6. The van der Waals surface area contributed by atoms with Crippen molar-refractivity contribution in [2.24, 2.45) is 5.92 Å². The molecule has 0 bridgehead atoms. The molecule has 194 valence electrons. The second-order valence-corrected chi connectivity index (χ2v) is 11.1. The number of benzene rings is 2. The van der Waals surface area contributed by atoms with Crippen LogP contribution in [0.1, 0.15) is 50.0 Å². The van der Waals surface area contributed by atoms with Gasteiger partial charge in [-0.3, -0.25) is 4.79 Å². The van der Waals surface area contributed by atoms with Crippen molar-refractivity contribution in [1.82, 2.24) is 15.5 Å². The molecule has 4 rings (SSSR count). The lowest BCUT2D eigenvalue weighted by atomic mass is 9.84. The Morgan fingerprint density at radius 2 is 1.58 bits per heavy atom. The third kappa shape index (κ3) is 8.01. The fourth-order valence-corrected chi connectivity index (χ4v) is 5.42. The summed E-state index contributed by atoms with van der Waals surface area (Å²) in [5, 5.41) is 10.6. The summed E-state index contributed by atoms with van der Waals surface area (Å²) < 4.78 is 0. The number of anilines is 1. The van der Waals surface area contributed by atoms with Gasteiger partial charge in [-0.1, -0.05) is 53.4 Å². The maximum absolute atomic E-state index is 12.6. The van der Waals surface area contributed by atoms with Crippen molar-refractivity contribution in [1.29, 1.82) is 0 Å². The first kappa shape index (κ1) is 27.1. The van der Waals surface area contributed by atoms with Crippen LogP contribution in [0.15, 0.2) is 42.5 Å². The van der Waals surface area contributed by atoms with Crippen molar-refractivity contribution in [3.63, 3.8) is 0 Å². The SMILES string of the molecule is O=C(NCC(CCN1CCC(NC(=O)C2CCC2)CC1)c1ccc(Cl)cc1)Nc1cc(Cl)cc(Cl)c1. The molecule has 9 heteroatoms. The Morgan fingerprint density at radius 1 is 0.917 bits per heavy atom. The number of nitrogens with zero attached hydrogens (tertiary/aromatic N) is 1. The van der Waals surface area contributed by atoms with E-state index >= 15 is 0 Å². The summed E-state index contributed by atoms with van der Waals surface area (Å²) in [5.74, 6) is 0.614. The number of carbonyl (C=O) groups excluding carboxylic acids is 2. The lowest BCUT2D eigenvalue weighted by molar-refractivity contribution is -0.128. The van der Waals surface area contributed by atoms with Crippen LogP contribution in [0.4, 0.5) is 10.5 Å². The molecule has 2 aromatic carbocycles. The lowest BCUT2D eigenvalue weighted by Crippen LogP contribution is -2.47. The quantitative estimate of drug-likeness (QED) is 0.341. The first-order chi connectivity index (χ1) is 17.4. The average molecular weight is 552 g/mol. The number of rotatable bonds is 9. The zero-order valence-corrected chi connectivity index (χ0v) is 22.5. The van der Waals surface area contributed by atoms with E-state index in [2.05, 4.69) is 20.9 Å². The number of amides is 3. The molecule has 2 aromatic rings.